The van der Waals surface area contributed by atoms with Crippen LogP contribution in [-0.2, 0) is 4.79 Å². The lowest BCUT2D eigenvalue weighted by Crippen LogP contribution is -2.31. The van der Waals surface area contributed by atoms with Crippen molar-refractivity contribution in [2.24, 2.45) is 0 Å². The Morgan fingerprint density at radius 3 is 2.65 bits per heavy atom. The number of carbonyl (C=O) groups is 1. The molecule has 1 rings (SSSR count). The summed E-state index contributed by atoms with van der Waals surface area (Å²) in [5.74, 6) is -0.0484. The van der Waals surface area contributed by atoms with Gasteiger partial charge in [-0.15, -0.1) is 0 Å². The molecule has 1 amide bonds. The molecule has 0 unspecified atom stereocenters. The Morgan fingerprint density at radius 2 is 2.06 bits per heavy atom. The van der Waals surface area contributed by atoms with Crippen molar-refractivity contribution >= 4 is 27.5 Å². The van der Waals surface area contributed by atoms with E-state index < -0.39 is 0 Å². The number of anilines is 1. The Morgan fingerprint density at radius 1 is 1.41 bits per heavy atom. The summed E-state index contributed by atoms with van der Waals surface area (Å²) in [6.07, 6.45) is 0.683. The van der Waals surface area contributed by atoms with E-state index in [0.717, 1.165) is 10.2 Å². The van der Waals surface area contributed by atoms with Gasteiger partial charge in [-0.2, -0.15) is 0 Å². The molecule has 4 nitrogen and oxygen atoms in total. The van der Waals surface area contributed by atoms with Crippen LogP contribution >= 0.6 is 15.9 Å². The van der Waals surface area contributed by atoms with E-state index in [1.165, 1.54) is 0 Å². The molecule has 0 atom stereocenters. The van der Waals surface area contributed by atoms with Gasteiger partial charge in [0, 0.05) is 23.3 Å². The zero-order chi connectivity index (χ0) is 12.7. The van der Waals surface area contributed by atoms with Crippen LogP contribution in [0.3, 0.4) is 0 Å². The molecule has 1 aromatic rings. The van der Waals surface area contributed by atoms with Gasteiger partial charge in [-0.25, -0.2) is 0 Å². The van der Waals surface area contributed by atoms with Gasteiger partial charge in [0.1, 0.15) is 0 Å². The largest absolute Gasteiger partial charge is 0.396 e. The van der Waals surface area contributed by atoms with E-state index in [1.54, 1.807) is 0 Å². The maximum atomic E-state index is 11.6. The monoisotopic (exact) mass is 300 g/mol. The van der Waals surface area contributed by atoms with Crippen LogP contribution in [-0.4, -0.2) is 42.7 Å². The maximum Gasteiger partial charge on any atom is 0.238 e. The number of halogens is 1. The highest BCUT2D eigenvalue weighted by Gasteiger charge is 2.06. The van der Waals surface area contributed by atoms with Crippen LogP contribution in [0.5, 0.6) is 0 Å². The van der Waals surface area contributed by atoms with Crippen molar-refractivity contribution in [3.8, 4) is 0 Å². The van der Waals surface area contributed by atoms with Gasteiger partial charge in [0.05, 0.1) is 6.54 Å². The van der Waals surface area contributed by atoms with E-state index in [-0.39, 0.29) is 12.5 Å². The van der Waals surface area contributed by atoms with Gasteiger partial charge in [0.25, 0.3) is 0 Å². The highest BCUT2D eigenvalue weighted by atomic mass is 79.9. The van der Waals surface area contributed by atoms with Crippen LogP contribution in [0.15, 0.2) is 28.7 Å². The number of carbonyl (C=O) groups excluding carboxylic acids is 1. The quantitative estimate of drug-likeness (QED) is 0.841. The summed E-state index contributed by atoms with van der Waals surface area (Å²) >= 11 is 3.34. The number of nitrogens with zero attached hydrogens (tertiary/aromatic N) is 1. The Hall–Kier alpha value is -0.910. The number of aliphatic hydroxyl groups is 1. The van der Waals surface area contributed by atoms with E-state index in [0.29, 0.717) is 19.5 Å². The second-order valence-corrected chi connectivity index (χ2v) is 4.79. The van der Waals surface area contributed by atoms with Crippen LogP contribution in [0.25, 0.3) is 0 Å². The first-order valence-corrected chi connectivity index (χ1v) is 6.26. The zero-order valence-electron chi connectivity index (χ0n) is 9.82. The minimum atomic E-state index is -0.0484. The molecule has 0 heterocycles. The summed E-state index contributed by atoms with van der Waals surface area (Å²) in [5.41, 5.74) is 0.786. The first kappa shape index (κ1) is 14.2. The molecule has 2 N–H and O–H groups in total. The van der Waals surface area contributed by atoms with Crippen LogP contribution in [0.1, 0.15) is 6.42 Å². The van der Waals surface area contributed by atoms with Gasteiger partial charge in [0.2, 0.25) is 5.91 Å². The molecule has 0 radical (unpaired) electrons. The molecule has 0 aromatic heterocycles. The van der Waals surface area contributed by atoms with Crippen molar-refractivity contribution in [2.75, 3.05) is 32.1 Å². The molecule has 0 aliphatic heterocycles. The Labute approximate surface area is 110 Å². The van der Waals surface area contributed by atoms with Gasteiger partial charge in [-0.3, -0.25) is 9.69 Å². The van der Waals surface area contributed by atoms with Crippen LogP contribution < -0.4 is 5.32 Å². The van der Waals surface area contributed by atoms with Crippen molar-refractivity contribution < 1.29 is 9.90 Å². The minimum absolute atomic E-state index is 0.0484. The van der Waals surface area contributed by atoms with Gasteiger partial charge in [0.15, 0.2) is 0 Å². The molecule has 5 heteroatoms. The van der Waals surface area contributed by atoms with Crippen molar-refractivity contribution in [2.45, 2.75) is 6.42 Å². The predicted molar refractivity (Wildman–Crippen MR) is 72.0 cm³/mol. The summed E-state index contributed by atoms with van der Waals surface area (Å²) in [7, 11) is 1.86. The SMILES string of the molecule is CN(CCCO)CC(=O)Nc1ccc(Br)cc1. The Kier molecular flexibility index (Phi) is 6.18. The standard InChI is InChI=1S/C12H17BrN2O2/c1-15(7-2-8-16)9-12(17)14-11-5-3-10(13)4-6-11/h3-6,16H,2,7-9H2,1H3,(H,14,17). The fraction of sp³-hybridized carbons (Fsp3) is 0.417. The number of benzene rings is 1. The first-order valence-electron chi connectivity index (χ1n) is 5.46. The molecule has 0 saturated heterocycles. The number of nitrogens with one attached hydrogen (secondary N) is 1. The Balaban J connectivity index is 2.36. The highest BCUT2D eigenvalue weighted by molar-refractivity contribution is 9.10. The summed E-state index contributed by atoms with van der Waals surface area (Å²) < 4.78 is 0.982. The van der Waals surface area contributed by atoms with Crippen molar-refractivity contribution in [3.05, 3.63) is 28.7 Å². The third-order valence-electron chi connectivity index (χ3n) is 2.24. The van der Waals surface area contributed by atoms with Gasteiger partial charge in [-0.1, -0.05) is 15.9 Å². The van der Waals surface area contributed by atoms with E-state index >= 15 is 0 Å². The minimum Gasteiger partial charge on any atom is -0.396 e. The van der Waals surface area contributed by atoms with E-state index in [2.05, 4.69) is 21.2 Å². The fourth-order valence-electron chi connectivity index (χ4n) is 1.40. The number of rotatable bonds is 6. The van der Waals surface area contributed by atoms with E-state index in [4.69, 9.17) is 5.11 Å². The lowest BCUT2D eigenvalue weighted by Gasteiger charge is -2.15. The molecular formula is C12H17BrN2O2. The second-order valence-electron chi connectivity index (χ2n) is 3.87. The first-order chi connectivity index (χ1) is 8.11. The predicted octanol–water partition coefficient (Wildman–Crippen LogP) is 1.70. The molecular weight excluding hydrogens is 284 g/mol. The third kappa shape index (κ3) is 5.81. The molecule has 17 heavy (non-hydrogen) atoms. The maximum absolute atomic E-state index is 11.6. The molecule has 0 aliphatic rings. The molecule has 0 fully saturated rings. The molecule has 0 saturated carbocycles. The van der Waals surface area contributed by atoms with Gasteiger partial charge in [-0.05, 0) is 37.7 Å². The summed E-state index contributed by atoms with van der Waals surface area (Å²) in [5, 5.41) is 11.5. The number of aliphatic hydroxyl groups excluding tert-OH is 1. The topological polar surface area (TPSA) is 52.6 Å². The van der Waals surface area contributed by atoms with Crippen LogP contribution in [0.4, 0.5) is 5.69 Å². The highest BCUT2D eigenvalue weighted by Crippen LogP contribution is 2.13. The normalized spacial score (nSPS) is 10.6. The zero-order valence-corrected chi connectivity index (χ0v) is 11.4. The summed E-state index contributed by atoms with van der Waals surface area (Å²) in [6, 6.07) is 7.45. The lowest BCUT2D eigenvalue weighted by molar-refractivity contribution is -0.117. The molecule has 0 bridgehead atoms. The number of hydrogen-bond donors (Lipinski definition) is 2. The molecule has 94 valence electrons. The molecule has 0 spiro atoms. The smallest absolute Gasteiger partial charge is 0.238 e. The average molecular weight is 301 g/mol. The third-order valence-corrected chi connectivity index (χ3v) is 2.77. The number of hydrogen-bond acceptors (Lipinski definition) is 3. The lowest BCUT2D eigenvalue weighted by atomic mass is 10.3. The van der Waals surface area contributed by atoms with Crippen molar-refractivity contribution in [1.29, 1.82) is 0 Å². The van der Waals surface area contributed by atoms with Gasteiger partial charge >= 0.3 is 0 Å². The second kappa shape index (κ2) is 7.42. The summed E-state index contributed by atoms with van der Waals surface area (Å²) in [4.78, 5) is 13.5. The van der Waals surface area contributed by atoms with Crippen LogP contribution in [0, 0.1) is 0 Å². The van der Waals surface area contributed by atoms with E-state index in [1.807, 2.05) is 36.2 Å². The average Bonchev–Trinajstić information content (AvgIpc) is 2.29. The number of likely N-dealkylation sites (N-methyl/N-ethyl adjacent to an activating group) is 1. The van der Waals surface area contributed by atoms with Crippen LogP contribution in [0.2, 0.25) is 0 Å². The van der Waals surface area contributed by atoms with Crippen molar-refractivity contribution in [3.63, 3.8) is 0 Å². The Bertz CT molecular complexity index is 354. The van der Waals surface area contributed by atoms with Crippen molar-refractivity contribution in [1.82, 2.24) is 4.90 Å². The molecule has 0 aliphatic carbocycles. The van der Waals surface area contributed by atoms with E-state index in [9.17, 15) is 4.79 Å². The summed E-state index contributed by atoms with van der Waals surface area (Å²) in [6.45, 7) is 1.19. The van der Waals surface area contributed by atoms with Gasteiger partial charge < -0.3 is 10.4 Å². The molecule has 1 aromatic carbocycles. The number of amides is 1. The fourth-order valence-corrected chi connectivity index (χ4v) is 1.66.